The molecule has 4 aromatic rings. The minimum absolute atomic E-state index is 0.451. The molecule has 6 heteroatoms. The van der Waals surface area contributed by atoms with E-state index in [2.05, 4.69) is 17.1 Å². The van der Waals surface area contributed by atoms with Gasteiger partial charge in [-0.1, -0.05) is 6.07 Å². The van der Waals surface area contributed by atoms with Gasteiger partial charge >= 0.3 is 0 Å². The number of methoxy groups -OCH3 is 4. The topological polar surface area (TPSA) is 63.0 Å². The molecule has 0 fully saturated rings. The summed E-state index contributed by atoms with van der Waals surface area (Å²) in [5.74, 6) is 3.10. The molecule has 0 bridgehead atoms. The Labute approximate surface area is 181 Å². The van der Waals surface area contributed by atoms with Gasteiger partial charge in [-0.3, -0.25) is 0 Å². The lowest BCUT2D eigenvalue weighted by atomic mass is 9.99. The third kappa shape index (κ3) is 3.65. The molecule has 0 saturated carbocycles. The minimum atomic E-state index is 0.451. The molecule has 1 heterocycles. The molecule has 0 atom stereocenters. The molecule has 3 aromatic carbocycles. The Kier molecular flexibility index (Phi) is 5.46. The van der Waals surface area contributed by atoms with Gasteiger partial charge in [-0.05, 0) is 60.4 Å². The minimum Gasteiger partial charge on any atom is -0.496 e. The van der Waals surface area contributed by atoms with Gasteiger partial charge in [0.05, 0.1) is 34.0 Å². The van der Waals surface area contributed by atoms with E-state index < -0.39 is 0 Å². The SMILES string of the molecule is COc1cc(OC)c(-c2nc3ccc(-c4cc(C)c(OC)c(C)c4)cc3o2)cc1OC. The van der Waals surface area contributed by atoms with Gasteiger partial charge in [0.25, 0.3) is 0 Å². The van der Waals surface area contributed by atoms with Crippen molar-refractivity contribution in [1.82, 2.24) is 4.98 Å². The van der Waals surface area contributed by atoms with Crippen LogP contribution in [0.3, 0.4) is 0 Å². The Bertz CT molecular complexity index is 1240. The molecule has 0 amide bonds. The van der Waals surface area contributed by atoms with E-state index in [1.165, 1.54) is 0 Å². The molecule has 0 aliphatic rings. The van der Waals surface area contributed by atoms with Crippen molar-refractivity contribution in [2.24, 2.45) is 0 Å². The third-order valence-corrected chi connectivity index (χ3v) is 5.32. The molecule has 0 unspecified atom stereocenters. The first-order valence-corrected chi connectivity index (χ1v) is 9.85. The molecule has 0 N–H and O–H groups in total. The zero-order valence-corrected chi connectivity index (χ0v) is 18.5. The van der Waals surface area contributed by atoms with Crippen LogP contribution in [0.15, 0.2) is 46.9 Å². The fourth-order valence-corrected chi connectivity index (χ4v) is 3.85. The molecule has 6 nitrogen and oxygen atoms in total. The first-order chi connectivity index (χ1) is 15.0. The van der Waals surface area contributed by atoms with Crippen LogP contribution in [0.2, 0.25) is 0 Å². The number of nitrogens with zero attached hydrogens (tertiary/aromatic N) is 1. The van der Waals surface area contributed by atoms with Crippen molar-refractivity contribution < 1.29 is 23.4 Å². The van der Waals surface area contributed by atoms with Gasteiger partial charge in [-0.2, -0.15) is 0 Å². The van der Waals surface area contributed by atoms with Crippen LogP contribution in [0, 0.1) is 13.8 Å². The molecular weight excluding hydrogens is 394 g/mol. The van der Waals surface area contributed by atoms with Crippen molar-refractivity contribution in [3.8, 4) is 45.6 Å². The highest BCUT2D eigenvalue weighted by Crippen LogP contribution is 2.41. The van der Waals surface area contributed by atoms with Crippen molar-refractivity contribution in [2.75, 3.05) is 28.4 Å². The summed E-state index contributed by atoms with van der Waals surface area (Å²) >= 11 is 0. The van der Waals surface area contributed by atoms with Crippen LogP contribution in [-0.4, -0.2) is 33.4 Å². The lowest BCUT2D eigenvalue weighted by Gasteiger charge is -2.12. The Morgan fingerprint density at radius 2 is 1.32 bits per heavy atom. The van der Waals surface area contributed by atoms with Crippen molar-refractivity contribution in [2.45, 2.75) is 13.8 Å². The van der Waals surface area contributed by atoms with Crippen molar-refractivity contribution in [3.63, 3.8) is 0 Å². The van der Waals surface area contributed by atoms with Crippen molar-refractivity contribution in [3.05, 3.63) is 53.6 Å². The summed E-state index contributed by atoms with van der Waals surface area (Å²) in [6.45, 7) is 4.09. The maximum atomic E-state index is 6.12. The van der Waals surface area contributed by atoms with E-state index in [0.717, 1.165) is 33.5 Å². The summed E-state index contributed by atoms with van der Waals surface area (Å²) in [5, 5.41) is 0. The number of benzene rings is 3. The zero-order valence-electron chi connectivity index (χ0n) is 18.5. The Balaban J connectivity index is 1.81. The average Bonchev–Trinajstić information content (AvgIpc) is 3.21. The standard InChI is InChI=1S/C25H25NO5/c1-14-9-17(10-15(2)24(14)30-6)16-7-8-19-21(11-16)31-25(26-19)18-12-22(28-4)23(29-5)13-20(18)27-3/h7-13H,1-6H3. The van der Waals surface area contributed by atoms with Gasteiger partial charge in [0.1, 0.15) is 17.0 Å². The lowest BCUT2D eigenvalue weighted by molar-refractivity contribution is 0.349. The van der Waals surface area contributed by atoms with Crippen molar-refractivity contribution >= 4 is 11.1 Å². The molecule has 31 heavy (non-hydrogen) atoms. The normalized spacial score (nSPS) is 10.9. The maximum absolute atomic E-state index is 6.12. The van der Waals surface area contributed by atoms with E-state index in [1.54, 1.807) is 40.6 Å². The van der Waals surface area contributed by atoms with Gasteiger partial charge in [0.15, 0.2) is 17.1 Å². The second kappa shape index (κ2) is 8.22. The number of oxazole rings is 1. The largest absolute Gasteiger partial charge is 0.496 e. The van der Waals surface area contributed by atoms with Gasteiger partial charge < -0.3 is 23.4 Å². The Morgan fingerprint density at radius 3 is 1.94 bits per heavy atom. The molecule has 0 aliphatic carbocycles. The van der Waals surface area contributed by atoms with Gasteiger partial charge in [0.2, 0.25) is 5.89 Å². The molecular formula is C25H25NO5. The van der Waals surface area contributed by atoms with E-state index >= 15 is 0 Å². The molecule has 0 radical (unpaired) electrons. The summed E-state index contributed by atoms with van der Waals surface area (Å²) < 4.78 is 27.9. The average molecular weight is 419 g/mol. The molecule has 160 valence electrons. The quantitative estimate of drug-likeness (QED) is 0.393. The number of hydrogen-bond acceptors (Lipinski definition) is 6. The van der Waals surface area contributed by atoms with Crippen LogP contribution >= 0.6 is 0 Å². The monoisotopic (exact) mass is 419 g/mol. The van der Waals surface area contributed by atoms with E-state index in [9.17, 15) is 0 Å². The second-order valence-corrected chi connectivity index (χ2v) is 7.25. The van der Waals surface area contributed by atoms with Crippen LogP contribution in [0.1, 0.15) is 11.1 Å². The van der Waals surface area contributed by atoms with Gasteiger partial charge in [0, 0.05) is 12.1 Å². The predicted octanol–water partition coefficient (Wildman–Crippen LogP) is 5.81. The third-order valence-electron chi connectivity index (χ3n) is 5.32. The number of ether oxygens (including phenoxy) is 4. The van der Waals surface area contributed by atoms with E-state index in [1.807, 2.05) is 32.0 Å². The Morgan fingerprint density at radius 1 is 0.677 bits per heavy atom. The highest BCUT2D eigenvalue weighted by molar-refractivity contribution is 5.83. The van der Waals surface area contributed by atoms with Gasteiger partial charge in [-0.25, -0.2) is 4.98 Å². The highest BCUT2D eigenvalue weighted by Gasteiger charge is 2.18. The van der Waals surface area contributed by atoms with E-state index in [4.69, 9.17) is 23.4 Å². The Hall–Kier alpha value is -3.67. The van der Waals surface area contributed by atoms with Crippen LogP contribution in [0.4, 0.5) is 0 Å². The number of fused-ring (bicyclic) bond motifs is 1. The summed E-state index contributed by atoms with van der Waals surface area (Å²) in [5.41, 5.74) is 6.46. The summed E-state index contributed by atoms with van der Waals surface area (Å²) in [7, 11) is 6.46. The first kappa shape index (κ1) is 20.6. The summed E-state index contributed by atoms with van der Waals surface area (Å²) in [4.78, 5) is 4.66. The molecule has 0 aliphatic heterocycles. The smallest absolute Gasteiger partial charge is 0.231 e. The number of hydrogen-bond donors (Lipinski definition) is 0. The summed E-state index contributed by atoms with van der Waals surface area (Å²) in [6, 6.07) is 13.8. The first-order valence-electron chi connectivity index (χ1n) is 9.85. The summed E-state index contributed by atoms with van der Waals surface area (Å²) in [6.07, 6.45) is 0. The molecule has 1 aromatic heterocycles. The lowest BCUT2D eigenvalue weighted by Crippen LogP contribution is -1.94. The fourth-order valence-electron chi connectivity index (χ4n) is 3.85. The highest BCUT2D eigenvalue weighted by atomic mass is 16.5. The number of aryl methyl sites for hydroxylation is 2. The number of rotatable bonds is 6. The molecule has 0 spiro atoms. The van der Waals surface area contributed by atoms with Crippen LogP contribution in [-0.2, 0) is 0 Å². The van der Waals surface area contributed by atoms with Gasteiger partial charge in [-0.15, -0.1) is 0 Å². The van der Waals surface area contributed by atoms with Crippen LogP contribution in [0.5, 0.6) is 23.0 Å². The van der Waals surface area contributed by atoms with E-state index in [-0.39, 0.29) is 0 Å². The van der Waals surface area contributed by atoms with Crippen molar-refractivity contribution in [1.29, 1.82) is 0 Å². The fraction of sp³-hybridized carbons (Fsp3) is 0.240. The predicted molar refractivity (Wildman–Crippen MR) is 121 cm³/mol. The van der Waals surface area contributed by atoms with E-state index in [0.29, 0.717) is 34.3 Å². The number of aromatic nitrogens is 1. The second-order valence-electron chi connectivity index (χ2n) is 7.25. The van der Waals surface area contributed by atoms with Crippen LogP contribution in [0.25, 0.3) is 33.7 Å². The van der Waals surface area contributed by atoms with Crippen LogP contribution < -0.4 is 18.9 Å². The zero-order chi connectivity index (χ0) is 22.1. The maximum Gasteiger partial charge on any atom is 0.231 e. The molecule has 4 rings (SSSR count). The molecule has 0 saturated heterocycles.